The first-order valence-corrected chi connectivity index (χ1v) is 10.8. The van der Waals surface area contributed by atoms with Gasteiger partial charge in [0.1, 0.15) is 17.2 Å². The molecule has 4 rings (SSSR count). The van der Waals surface area contributed by atoms with Crippen molar-refractivity contribution in [3.63, 3.8) is 0 Å². The molecular weight excluding hydrogens is 427 g/mol. The van der Waals surface area contributed by atoms with E-state index in [-0.39, 0.29) is 35.2 Å². The zero-order valence-corrected chi connectivity index (χ0v) is 18.5. The van der Waals surface area contributed by atoms with Gasteiger partial charge >= 0.3 is 0 Å². The number of amides is 2. The van der Waals surface area contributed by atoms with E-state index in [1.54, 1.807) is 37.0 Å². The summed E-state index contributed by atoms with van der Waals surface area (Å²) in [5, 5.41) is 9.39. The number of hydrogen-bond donors (Lipinski definition) is 5. The van der Waals surface area contributed by atoms with Crippen LogP contribution >= 0.6 is 0 Å². The minimum atomic E-state index is -0.825. The molecule has 10 nitrogen and oxygen atoms in total. The lowest BCUT2D eigenvalue weighted by Crippen LogP contribution is -2.43. The Morgan fingerprint density at radius 1 is 1.21 bits per heavy atom. The van der Waals surface area contributed by atoms with Crippen molar-refractivity contribution in [2.75, 3.05) is 17.7 Å². The summed E-state index contributed by atoms with van der Waals surface area (Å²) in [5.41, 5.74) is 13.1. The van der Waals surface area contributed by atoms with Crippen LogP contribution in [0.4, 0.5) is 21.7 Å². The van der Waals surface area contributed by atoms with Gasteiger partial charge in [0.2, 0.25) is 0 Å². The minimum Gasteiger partial charge on any atom is -0.365 e. The Morgan fingerprint density at radius 3 is 2.67 bits per heavy atom. The van der Waals surface area contributed by atoms with Crippen LogP contribution in [0, 0.1) is 5.82 Å². The van der Waals surface area contributed by atoms with E-state index in [4.69, 9.17) is 11.5 Å². The van der Waals surface area contributed by atoms with Crippen LogP contribution in [0.1, 0.15) is 46.5 Å². The third-order valence-electron chi connectivity index (χ3n) is 6.02. The Labute approximate surface area is 189 Å². The number of rotatable bonds is 6. The number of fused-ring (bicyclic) bond motifs is 1. The number of pyridine rings is 2. The summed E-state index contributed by atoms with van der Waals surface area (Å²) in [6, 6.07) is 4.19. The number of nitrogens with zero attached hydrogens (tertiary/aromatic N) is 3. The number of hydrogen-bond acceptors (Lipinski definition) is 7. The standard InChI is InChI=1S/C22H27FN8O2/c1-26-22(33)17-10-11-15(7-8-27-21(11)31(17)2)28-19-12(18(25)32)9-13(23)20(30-19)29-16-6-4-3-5-14(16)24/h7-10,14,16H,3-6,24H2,1-2H3,(H2,25,32)(H,26,33)(H2,27,28,29,30). The molecular formula is C22H27FN8O2. The van der Waals surface area contributed by atoms with Crippen LogP contribution in [-0.4, -0.2) is 45.5 Å². The van der Waals surface area contributed by atoms with E-state index in [9.17, 15) is 14.0 Å². The second-order valence-corrected chi connectivity index (χ2v) is 8.17. The minimum absolute atomic E-state index is 0.00531. The number of halogens is 1. The molecule has 2 unspecified atom stereocenters. The van der Waals surface area contributed by atoms with Gasteiger partial charge in [-0.05, 0) is 31.0 Å². The van der Waals surface area contributed by atoms with Crippen molar-refractivity contribution < 1.29 is 14.0 Å². The highest BCUT2D eigenvalue weighted by atomic mass is 19.1. The molecule has 2 atom stereocenters. The first kappa shape index (κ1) is 22.5. The molecule has 0 saturated heterocycles. The largest absolute Gasteiger partial charge is 0.365 e. The molecule has 3 aromatic heterocycles. The Balaban J connectivity index is 1.74. The quantitative estimate of drug-likeness (QED) is 0.382. The highest BCUT2D eigenvalue weighted by molar-refractivity contribution is 6.03. The Hall–Kier alpha value is -3.73. The van der Waals surface area contributed by atoms with Crippen molar-refractivity contribution in [2.45, 2.75) is 37.8 Å². The monoisotopic (exact) mass is 454 g/mol. The first-order chi connectivity index (χ1) is 15.8. The topological polar surface area (TPSA) is 153 Å². The van der Waals surface area contributed by atoms with E-state index in [0.717, 1.165) is 31.7 Å². The number of anilines is 3. The molecule has 3 aromatic rings. The molecule has 0 radical (unpaired) electrons. The molecule has 33 heavy (non-hydrogen) atoms. The van der Waals surface area contributed by atoms with Crippen molar-refractivity contribution in [3.8, 4) is 0 Å². The van der Waals surface area contributed by atoms with Crippen LogP contribution in [0.25, 0.3) is 11.0 Å². The molecule has 0 aromatic carbocycles. The summed E-state index contributed by atoms with van der Waals surface area (Å²) in [6.07, 6.45) is 5.25. The maximum absolute atomic E-state index is 14.8. The fraction of sp³-hybridized carbons (Fsp3) is 0.364. The number of nitrogens with one attached hydrogen (secondary N) is 3. The van der Waals surface area contributed by atoms with Crippen molar-refractivity contribution in [2.24, 2.45) is 18.5 Å². The Morgan fingerprint density at radius 2 is 1.97 bits per heavy atom. The van der Waals surface area contributed by atoms with E-state index in [1.165, 1.54) is 0 Å². The molecule has 1 fully saturated rings. The predicted molar refractivity (Wildman–Crippen MR) is 124 cm³/mol. The van der Waals surface area contributed by atoms with Crippen LogP contribution in [0.15, 0.2) is 24.4 Å². The van der Waals surface area contributed by atoms with Crippen LogP contribution < -0.4 is 27.4 Å². The number of primary amides is 1. The van der Waals surface area contributed by atoms with Gasteiger partial charge < -0.3 is 32.0 Å². The van der Waals surface area contributed by atoms with Gasteiger partial charge in [0.05, 0.1) is 11.3 Å². The average Bonchev–Trinajstić information content (AvgIpc) is 3.14. The molecule has 0 bridgehead atoms. The van der Waals surface area contributed by atoms with Crippen molar-refractivity contribution in [3.05, 3.63) is 41.5 Å². The lowest BCUT2D eigenvalue weighted by Gasteiger charge is -2.30. The van der Waals surface area contributed by atoms with Gasteiger partial charge in [-0.15, -0.1) is 0 Å². The van der Waals surface area contributed by atoms with E-state index >= 15 is 0 Å². The number of aryl methyl sites for hydroxylation is 1. The maximum atomic E-state index is 14.8. The van der Waals surface area contributed by atoms with Gasteiger partial charge in [-0.25, -0.2) is 14.4 Å². The van der Waals surface area contributed by atoms with Crippen molar-refractivity contribution in [1.82, 2.24) is 19.9 Å². The summed E-state index contributed by atoms with van der Waals surface area (Å²) in [4.78, 5) is 32.9. The van der Waals surface area contributed by atoms with Gasteiger partial charge in [0, 0.05) is 37.8 Å². The van der Waals surface area contributed by atoms with Gasteiger partial charge in [0.15, 0.2) is 11.6 Å². The van der Waals surface area contributed by atoms with Crippen LogP contribution in [0.5, 0.6) is 0 Å². The van der Waals surface area contributed by atoms with Gasteiger partial charge in [-0.2, -0.15) is 0 Å². The van der Waals surface area contributed by atoms with Gasteiger partial charge in [-0.1, -0.05) is 12.8 Å². The summed E-state index contributed by atoms with van der Waals surface area (Å²) in [6.45, 7) is 0. The molecule has 11 heteroatoms. The second kappa shape index (κ2) is 9.02. The second-order valence-electron chi connectivity index (χ2n) is 8.17. The predicted octanol–water partition coefficient (Wildman–Crippen LogP) is 1.99. The summed E-state index contributed by atoms with van der Waals surface area (Å²) in [5.74, 6) is -1.69. The Kier molecular flexibility index (Phi) is 6.14. The van der Waals surface area contributed by atoms with E-state index < -0.39 is 11.7 Å². The van der Waals surface area contributed by atoms with Crippen molar-refractivity contribution >= 4 is 40.2 Å². The number of nitrogens with two attached hydrogens (primary N) is 2. The van der Waals surface area contributed by atoms with E-state index in [1.807, 2.05) is 0 Å². The van der Waals surface area contributed by atoms with Crippen molar-refractivity contribution in [1.29, 1.82) is 0 Å². The molecule has 174 valence electrons. The zero-order valence-electron chi connectivity index (χ0n) is 18.5. The van der Waals surface area contributed by atoms with Gasteiger partial charge in [0.25, 0.3) is 11.8 Å². The first-order valence-electron chi connectivity index (χ1n) is 10.8. The molecule has 0 aliphatic heterocycles. The number of aromatic nitrogens is 3. The maximum Gasteiger partial charge on any atom is 0.267 e. The molecule has 0 spiro atoms. The highest BCUT2D eigenvalue weighted by Gasteiger charge is 2.25. The van der Waals surface area contributed by atoms with Gasteiger partial charge in [-0.3, -0.25) is 9.59 Å². The SMILES string of the molecule is CNC(=O)c1cc2c(Nc3nc(NC4CCCCC4N)c(F)cc3C(N)=O)ccnc2n1C. The molecule has 1 aliphatic carbocycles. The summed E-state index contributed by atoms with van der Waals surface area (Å²) >= 11 is 0. The third-order valence-corrected chi connectivity index (χ3v) is 6.02. The molecule has 7 N–H and O–H groups in total. The third kappa shape index (κ3) is 4.31. The molecule has 2 amide bonds. The number of carbonyl (C=O) groups is 2. The molecule has 1 saturated carbocycles. The normalized spacial score (nSPS) is 18.2. The smallest absolute Gasteiger partial charge is 0.267 e. The Bertz CT molecular complexity index is 1220. The van der Waals surface area contributed by atoms with Crippen LogP contribution in [0.2, 0.25) is 0 Å². The fourth-order valence-electron chi connectivity index (χ4n) is 4.19. The average molecular weight is 455 g/mol. The van der Waals surface area contributed by atoms with E-state index in [2.05, 4.69) is 25.9 Å². The fourth-order valence-corrected chi connectivity index (χ4v) is 4.19. The van der Waals surface area contributed by atoms with Crippen LogP contribution in [0.3, 0.4) is 0 Å². The highest BCUT2D eigenvalue weighted by Crippen LogP contribution is 2.30. The summed E-state index contributed by atoms with van der Waals surface area (Å²) < 4.78 is 16.4. The van der Waals surface area contributed by atoms with E-state index in [0.29, 0.717) is 22.4 Å². The van der Waals surface area contributed by atoms with Crippen LogP contribution in [-0.2, 0) is 7.05 Å². The zero-order chi connectivity index (χ0) is 23.7. The lowest BCUT2D eigenvalue weighted by atomic mass is 9.91. The summed E-state index contributed by atoms with van der Waals surface area (Å²) in [7, 11) is 3.27. The molecule has 1 aliphatic rings. The molecule has 3 heterocycles. The lowest BCUT2D eigenvalue weighted by molar-refractivity contribution is 0.0954. The number of carbonyl (C=O) groups excluding carboxylic acids is 2.